The van der Waals surface area contributed by atoms with E-state index in [-0.39, 0.29) is 5.75 Å². The van der Waals surface area contributed by atoms with Crippen molar-refractivity contribution in [3.63, 3.8) is 0 Å². The quantitative estimate of drug-likeness (QED) is 0.732. The molecule has 0 aromatic rings. The first kappa shape index (κ1) is 15.9. The van der Waals surface area contributed by atoms with Gasteiger partial charge in [0.2, 0.25) is 0 Å². The van der Waals surface area contributed by atoms with Gasteiger partial charge in [-0.1, -0.05) is 13.8 Å². The predicted octanol–water partition coefficient (Wildman–Crippen LogP) is 1.60. The standard InChI is InChI=1S/C13H27NO3S/c1-4-14-13(12-9-11(3)17-10-12)7-6-8-18(15,16)5-2/h11-14H,4-10H2,1-3H3. The minimum atomic E-state index is -2.82. The van der Waals surface area contributed by atoms with Crippen LogP contribution in [0.1, 0.15) is 40.0 Å². The molecule has 1 aliphatic heterocycles. The summed E-state index contributed by atoms with van der Waals surface area (Å²) in [6.45, 7) is 7.64. The van der Waals surface area contributed by atoms with Gasteiger partial charge in [0.25, 0.3) is 0 Å². The Morgan fingerprint density at radius 1 is 1.39 bits per heavy atom. The number of nitrogens with one attached hydrogen (secondary N) is 1. The molecule has 1 heterocycles. The molecule has 5 heteroatoms. The van der Waals surface area contributed by atoms with Gasteiger partial charge in [-0.3, -0.25) is 0 Å². The number of sulfone groups is 1. The highest BCUT2D eigenvalue weighted by molar-refractivity contribution is 7.91. The van der Waals surface area contributed by atoms with Gasteiger partial charge >= 0.3 is 0 Å². The number of rotatable bonds is 8. The van der Waals surface area contributed by atoms with Crippen molar-refractivity contribution in [3.05, 3.63) is 0 Å². The van der Waals surface area contributed by atoms with Crippen molar-refractivity contribution in [1.29, 1.82) is 0 Å². The summed E-state index contributed by atoms with van der Waals surface area (Å²) in [7, 11) is -2.82. The maximum atomic E-state index is 11.5. The monoisotopic (exact) mass is 277 g/mol. The maximum Gasteiger partial charge on any atom is 0.150 e. The van der Waals surface area contributed by atoms with Crippen LogP contribution in [-0.2, 0) is 14.6 Å². The molecule has 0 saturated carbocycles. The van der Waals surface area contributed by atoms with Crippen LogP contribution < -0.4 is 5.32 Å². The molecule has 1 aliphatic rings. The van der Waals surface area contributed by atoms with Gasteiger partial charge in [-0.05, 0) is 32.7 Å². The van der Waals surface area contributed by atoms with Gasteiger partial charge in [0.05, 0.1) is 18.5 Å². The third-order valence-corrected chi connectivity index (χ3v) is 5.47. The zero-order chi connectivity index (χ0) is 13.6. The SMILES string of the molecule is CCNC(CCCS(=O)(=O)CC)C1COC(C)C1. The average Bonchev–Trinajstić information content (AvgIpc) is 2.74. The summed E-state index contributed by atoms with van der Waals surface area (Å²) in [5.74, 6) is 1.10. The molecular weight excluding hydrogens is 250 g/mol. The van der Waals surface area contributed by atoms with Gasteiger partial charge < -0.3 is 10.1 Å². The molecule has 0 bridgehead atoms. The molecule has 0 aliphatic carbocycles. The zero-order valence-corrected chi connectivity index (χ0v) is 12.6. The Balaban J connectivity index is 2.39. The van der Waals surface area contributed by atoms with Crippen molar-refractivity contribution < 1.29 is 13.2 Å². The van der Waals surface area contributed by atoms with E-state index in [4.69, 9.17) is 4.74 Å². The van der Waals surface area contributed by atoms with Gasteiger partial charge in [-0.25, -0.2) is 8.42 Å². The van der Waals surface area contributed by atoms with Crippen molar-refractivity contribution in [2.45, 2.75) is 52.2 Å². The first-order valence-electron chi connectivity index (χ1n) is 7.04. The topological polar surface area (TPSA) is 55.4 Å². The number of hydrogen-bond acceptors (Lipinski definition) is 4. The molecule has 0 aromatic carbocycles. The van der Waals surface area contributed by atoms with Crippen LogP contribution in [0.2, 0.25) is 0 Å². The van der Waals surface area contributed by atoms with Gasteiger partial charge in [0.1, 0.15) is 9.84 Å². The second-order valence-corrected chi connectivity index (χ2v) is 7.66. The van der Waals surface area contributed by atoms with E-state index in [9.17, 15) is 8.42 Å². The highest BCUT2D eigenvalue weighted by Gasteiger charge is 2.28. The fraction of sp³-hybridized carbons (Fsp3) is 1.00. The largest absolute Gasteiger partial charge is 0.378 e. The highest BCUT2D eigenvalue weighted by atomic mass is 32.2. The van der Waals surface area contributed by atoms with Crippen molar-refractivity contribution in [1.82, 2.24) is 5.32 Å². The Hall–Kier alpha value is -0.130. The molecule has 0 radical (unpaired) electrons. The molecule has 3 atom stereocenters. The first-order valence-corrected chi connectivity index (χ1v) is 8.86. The second kappa shape index (κ2) is 7.46. The average molecular weight is 277 g/mol. The molecule has 4 nitrogen and oxygen atoms in total. The van der Waals surface area contributed by atoms with Gasteiger partial charge in [-0.2, -0.15) is 0 Å². The third kappa shape index (κ3) is 5.24. The van der Waals surface area contributed by atoms with Crippen LogP contribution in [0.15, 0.2) is 0 Å². The molecule has 1 N–H and O–H groups in total. The first-order chi connectivity index (χ1) is 8.48. The van der Waals surface area contributed by atoms with Gasteiger partial charge in [-0.15, -0.1) is 0 Å². The van der Waals surface area contributed by atoms with E-state index in [1.165, 1.54) is 0 Å². The van der Waals surface area contributed by atoms with E-state index >= 15 is 0 Å². The minimum Gasteiger partial charge on any atom is -0.378 e. The number of hydrogen-bond donors (Lipinski definition) is 1. The van der Waals surface area contributed by atoms with Crippen LogP contribution in [0.25, 0.3) is 0 Å². The summed E-state index contributed by atoms with van der Waals surface area (Å²) in [5.41, 5.74) is 0. The lowest BCUT2D eigenvalue weighted by atomic mass is 9.93. The molecule has 0 aromatic heterocycles. The van der Waals surface area contributed by atoms with Gasteiger partial charge in [0, 0.05) is 17.7 Å². The fourth-order valence-electron chi connectivity index (χ4n) is 2.56. The second-order valence-electron chi connectivity index (χ2n) is 5.18. The molecule has 3 unspecified atom stereocenters. The van der Waals surface area contributed by atoms with Gasteiger partial charge in [0.15, 0.2) is 0 Å². The lowest BCUT2D eigenvalue weighted by Gasteiger charge is -2.23. The summed E-state index contributed by atoms with van der Waals surface area (Å²) >= 11 is 0. The molecule has 1 saturated heterocycles. The molecular formula is C13H27NO3S. The Morgan fingerprint density at radius 2 is 2.11 bits per heavy atom. The lowest BCUT2D eigenvalue weighted by Crippen LogP contribution is -2.37. The molecule has 0 spiro atoms. The Kier molecular flexibility index (Phi) is 6.60. The van der Waals surface area contributed by atoms with Crippen molar-refractivity contribution in [3.8, 4) is 0 Å². The zero-order valence-electron chi connectivity index (χ0n) is 11.8. The fourth-order valence-corrected chi connectivity index (χ4v) is 3.46. The van der Waals surface area contributed by atoms with Crippen molar-refractivity contribution in [2.75, 3.05) is 24.7 Å². The molecule has 18 heavy (non-hydrogen) atoms. The Labute approximate surface area is 111 Å². The molecule has 108 valence electrons. The molecule has 0 amide bonds. The van der Waals surface area contributed by atoms with E-state index in [2.05, 4.69) is 19.2 Å². The third-order valence-electron chi connectivity index (χ3n) is 3.68. The predicted molar refractivity (Wildman–Crippen MR) is 74.5 cm³/mol. The van der Waals surface area contributed by atoms with Crippen molar-refractivity contribution in [2.24, 2.45) is 5.92 Å². The Bertz CT molecular complexity index is 329. The number of ether oxygens (including phenoxy) is 1. The lowest BCUT2D eigenvalue weighted by molar-refractivity contribution is 0.116. The van der Waals surface area contributed by atoms with Crippen LogP contribution >= 0.6 is 0 Å². The van der Waals surface area contributed by atoms with E-state index in [0.29, 0.717) is 23.8 Å². The molecule has 1 rings (SSSR count). The van der Waals surface area contributed by atoms with E-state index in [1.54, 1.807) is 6.92 Å². The summed E-state index contributed by atoms with van der Waals surface area (Å²) < 4.78 is 28.5. The summed E-state index contributed by atoms with van der Waals surface area (Å²) in [6.07, 6.45) is 3.10. The summed E-state index contributed by atoms with van der Waals surface area (Å²) in [6, 6.07) is 0.395. The summed E-state index contributed by atoms with van der Waals surface area (Å²) in [5, 5.41) is 3.47. The Morgan fingerprint density at radius 3 is 2.61 bits per heavy atom. The van der Waals surface area contributed by atoms with E-state index in [0.717, 1.165) is 32.4 Å². The summed E-state index contributed by atoms with van der Waals surface area (Å²) in [4.78, 5) is 0. The normalized spacial score (nSPS) is 26.4. The van der Waals surface area contributed by atoms with Crippen LogP contribution in [0.3, 0.4) is 0 Å². The van der Waals surface area contributed by atoms with E-state index < -0.39 is 9.84 Å². The van der Waals surface area contributed by atoms with Crippen molar-refractivity contribution >= 4 is 9.84 Å². The smallest absolute Gasteiger partial charge is 0.150 e. The highest BCUT2D eigenvalue weighted by Crippen LogP contribution is 2.24. The van der Waals surface area contributed by atoms with Crippen LogP contribution in [0, 0.1) is 5.92 Å². The van der Waals surface area contributed by atoms with Crippen LogP contribution in [-0.4, -0.2) is 45.2 Å². The van der Waals surface area contributed by atoms with E-state index in [1.807, 2.05) is 0 Å². The molecule has 1 fully saturated rings. The van der Waals surface area contributed by atoms with Crippen LogP contribution in [0.4, 0.5) is 0 Å². The van der Waals surface area contributed by atoms with Crippen LogP contribution in [0.5, 0.6) is 0 Å². The maximum absolute atomic E-state index is 11.5. The minimum absolute atomic E-state index is 0.252.